The summed E-state index contributed by atoms with van der Waals surface area (Å²) in [5, 5.41) is 4.16. The Morgan fingerprint density at radius 2 is 2.22 bits per heavy atom. The van der Waals surface area contributed by atoms with Crippen LogP contribution in [0.2, 0.25) is 0 Å². The molecule has 0 bridgehead atoms. The van der Waals surface area contributed by atoms with Crippen LogP contribution in [0.3, 0.4) is 0 Å². The smallest absolute Gasteiger partial charge is 0.278 e. The van der Waals surface area contributed by atoms with E-state index in [1.807, 2.05) is 13.8 Å². The van der Waals surface area contributed by atoms with Gasteiger partial charge < -0.3 is 4.98 Å². The Balaban J connectivity index is 2.56. The molecule has 0 fully saturated rings. The molecule has 0 unspecified atom stereocenters. The maximum atomic E-state index is 12.7. The first kappa shape index (κ1) is 12.8. The van der Waals surface area contributed by atoms with E-state index in [4.69, 9.17) is 12.2 Å². The number of alkyl halides is 2. The van der Waals surface area contributed by atoms with Crippen LogP contribution in [0, 0.1) is 11.7 Å². The molecule has 1 N–H and O–H groups in total. The van der Waals surface area contributed by atoms with E-state index in [0.717, 1.165) is 11.3 Å². The van der Waals surface area contributed by atoms with Gasteiger partial charge in [0.15, 0.2) is 4.77 Å². The normalized spacial score (nSPS) is 11.2. The number of aryl methyl sites for hydroxylation is 1. The lowest BCUT2D eigenvalue weighted by Crippen LogP contribution is -1.99. The predicted octanol–water partition coefficient (Wildman–Crippen LogP) is 3.27. The zero-order valence-electron chi connectivity index (χ0n) is 9.94. The SMILES string of the molecule is CCn1ncc(-c2cc(C(F)F)[nH]c(=S)n2)c1C. The van der Waals surface area contributed by atoms with E-state index in [1.54, 1.807) is 10.9 Å². The van der Waals surface area contributed by atoms with Crippen LogP contribution in [-0.2, 0) is 6.54 Å². The van der Waals surface area contributed by atoms with Gasteiger partial charge in [0.2, 0.25) is 0 Å². The van der Waals surface area contributed by atoms with Gasteiger partial charge >= 0.3 is 0 Å². The minimum Gasteiger partial charge on any atom is -0.329 e. The highest BCUT2D eigenvalue weighted by atomic mass is 32.1. The Kier molecular flexibility index (Phi) is 3.51. The topological polar surface area (TPSA) is 46.5 Å². The minimum absolute atomic E-state index is 0.0476. The molecule has 2 rings (SSSR count). The molecule has 0 aliphatic carbocycles. The predicted molar refractivity (Wildman–Crippen MR) is 66.0 cm³/mol. The van der Waals surface area contributed by atoms with Crippen molar-refractivity contribution in [1.82, 2.24) is 19.7 Å². The maximum Gasteiger partial charge on any atom is 0.278 e. The second kappa shape index (κ2) is 4.93. The van der Waals surface area contributed by atoms with E-state index in [-0.39, 0.29) is 10.5 Å². The lowest BCUT2D eigenvalue weighted by molar-refractivity contribution is 0.146. The molecule has 0 aliphatic heterocycles. The van der Waals surface area contributed by atoms with Crippen molar-refractivity contribution in [1.29, 1.82) is 0 Å². The van der Waals surface area contributed by atoms with Gasteiger partial charge in [0, 0.05) is 17.8 Å². The molecule has 0 aromatic carbocycles. The lowest BCUT2D eigenvalue weighted by atomic mass is 10.1. The summed E-state index contributed by atoms with van der Waals surface area (Å²) in [6, 6.07) is 1.31. The van der Waals surface area contributed by atoms with Crippen molar-refractivity contribution < 1.29 is 8.78 Å². The van der Waals surface area contributed by atoms with E-state index in [0.29, 0.717) is 12.2 Å². The number of hydrogen-bond donors (Lipinski definition) is 1. The van der Waals surface area contributed by atoms with Crippen molar-refractivity contribution in [3.05, 3.63) is 28.4 Å². The molecule has 2 aromatic heterocycles. The lowest BCUT2D eigenvalue weighted by Gasteiger charge is -2.05. The molecule has 96 valence electrons. The van der Waals surface area contributed by atoms with Gasteiger partial charge in [0.1, 0.15) is 0 Å². The fourth-order valence-electron chi connectivity index (χ4n) is 1.75. The molecule has 0 saturated heterocycles. The van der Waals surface area contributed by atoms with Gasteiger partial charge in [-0.2, -0.15) is 5.10 Å². The summed E-state index contributed by atoms with van der Waals surface area (Å²) in [6.07, 6.45) is -0.986. The Morgan fingerprint density at radius 1 is 1.50 bits per heavy atom. The number of nitrogens with zero attached hydrogens (tertiary/aromatic N) is 3. The second-order valence-corrected chi connectivity index (χ2v) is 4.17. The fourth-order valence-corrected chi connectivity index (χ4v) is 1.96. The molecule has 0 aliphatic rings. The van der Waals surface area contributed by atoms with Crippen LogP contribution in [-0.4, -0.2) is 19.7 Å². The number of aromatic amines is 1. The van der Waals surface area contributed by atoms with Crippen LogP contribution in [0.25, 0.3) is 11.3 Å². The van der Waals surface area contributed by atoms with Gasteiger partial charge in [-0.05, 0) is 32.1 Å². The van der Waals surface area contributed by atoms with Gasteiger partial charge in [-0.25, -0.2) is 13.8 Å². The highest BCUT2D eigenvalue weighted by Gasteiger charge is 2.14. The summed E-state index contributed by atoms with van der Waals surface area (Å²) in [7, 11) is 0. The van der Waals surface area contributed by atoms with E-state index in [2.05, 4.69) is 15.1 Å². The van der Waals surface area contributed by atoms with Crippen molar-refractivity contribution in [2.45, 2.75) is 26.8 Å². The molecular weight excluding hydrogens is 258 g/mol. The van der Waals surface area contributed by atoms with Gasteiger partial charge in [-0.1, -0.05) is 0 Å². The van der Waals surface area contributed by atoms with Gasteiger partial charge in [0.05, 0.1) is 17.6 Å². The van der Waals surface area contributed by atoms with Crippen LogP contribution < -0.4 is 0 Å². The summed E-state index contributed by atoms with van der Waals surface area (Å²) in [5.74, 6) is 0. The third-order valence-corrected chi connectivity index (χ3v) is 2.87. The zero-order chi connectivity index (χ0) is 13.3. The second-order valence-electron chi connectivity index (χ2n) is 3.79. The Labute approximate surface area is 108 Å². The molecule has 0 amide bonds. The molecule has 0 spiro atoms. The van der Waals surface area contributed by atoms with Crippen LogP contribution in [0.4, 0.5) is 8.78 Å². The van der Waals surface area contributed by atoms with E-state index < -0.39 is 6.43 Å². The standard InChI is InChI=1S/C11H12F2N4S/c1-3-17-6(2)7(5-14-17)8-4-9(10(12)13)16-11(18)15-8/h4-5,10H,3H2,1-2H3,(H,15,16,18). The molecular formula is C11H12F2N4S. The Morgan fingerprint density at radius 3 is 2.78 bits per heavy atom. The first-order valence-corrected chi connectivity index (χ1v) is 5.86. The van der Waals surface area contributed by atoms with Crippen LogP contribution in [0.1, 0.15) is 24.7 Å². The molecule has 4 nitrogen and oxygen atoms in total. The number of aromatic nitrogens is 4. The molecule has 2 aromatic rings. The summed E-state index contributed by atoms with van der Waals surface area (Å²) in [4.78, 5) is 6.45. The van der Waals surface area contributed by atoms with E-state index in [1.165, 1.54) is 6.07 Å². The van der Waals surface area contributed by atoms with Crippen molar-refractivity contribution in [2.24, 2.45) is 0 Å². The molecule has 7 heteroatoms. The number of halogens is 2. The highest BCUT2D eigenvalue weighted by Crippen LogP contribution is 2.24. The van der Waals surface area contributed by atoms with Crippen LogP contribution >= 0.6 is 12.2 Å². The minimum atomic E-state index is -2.60. The van der Waals surface area contributed by atoms with Crippen molar-refractivity contribution in [3.8, 4) is 11.3 Å². The Bertz CT molecular complexity index is 618. The van der Waals surface area contributed by atoms with Crippen molar-refractivity contribution >= 4 is 12.2 Å². The maximum absolute atomic E-state index is 12.7. The van der Waals surface area contributed by atoms with Gasteiger partial charge in [-0.3, -0.25) is 4.68 Å². The summed E-state index contributed by atoms with van der Waals surface area (Å²) >= 11 is 4.86. The average molecular weight is 270 g/mol. The average Bonchev–Trinajstić information content (AvgIpc) is 2.69. The molecule has 0 radical (unpaired) electrons. The highest BCUT2D eigenvalue weighted by molar-refractivity contribution is 7.71. The van der Waals surface area contributed by atoms with E-state index in [9.17, 15) is 8.78 Å². The molecule has 0 atom stereocenters. The largest absolute Gasteiger partial charge is 0.329 e. The summed E-state index contributed by atoms with van der Waals surface area (Å²) in [5.41, 5.74) is 1.80. The van der Waals surface area contributed by atoms with Crippen molar-refractivity contribution in [3.63, 3.8) is 0 Å². The fraction of sp³-hybridized carbons (Fsp3) is 0.364. The van der Waals surface area contributed by atoms with E-state index >= 15 is 0 Å². The third-order valence-electron chi connectivity index (χ3n) is 2.68. The zero-order valence-corrected chi connectivity index (χ0v) is 10.8. The molecule has 0 saturated carbocycles. The van der Waals surface area contributed by atoms with Crippen LogP contribution in [0.15, 0.2) is 12.3 Å². The van der Waals surface area contributed by atoms with Gasteiger partial charge in [0.25, 0.3) is 6.43 Å². The summed E-state index contributed by atoms with van der Waals surface area (Å²) in [6.45, 7) is 4.54. The number of nitrogens with one attached hydrogen (secondary N) is 1. The quantitative estimate of drug-likeness (QED) is 0.871. The number of rotatable bonds is 3. The number of hydrogen-bond acceptors (Lipinski definition) is 3. The summed E-state index contributed by atoms with van der Waals surface area (Å²) < 4.78 is 27.2. The Hall–Kier alpha value is -1.63. The van der Waals surface area contributed by atoms with Gasteiger partial charge in [-0.15, -0.1) is 0 Å². The molecule has 2 heterocycles. The third kappa shape index (κ3) is 2.31. The van der Waals surface area contributed by atoms with Crippen LogP contribution in [0.5, 0.6) is 0 Å². The monoisotopic (exact) mass is 270 g/mol. The first-order chi connectivity index (χ1) is 8.52. The first-order valence-electron chi connectivity index (χ1n) is 5.45. The molecule has 18 heavy (non-hydrogen) atoms. The van der Waals surface area contributed by atoms with Crippen molar-refractivity contribution in [2.75, 3.05) is 0 Å². The number of H-pyrrole nitrogens is 1.